The van der Waals surface area contributed by atoms with E-state index >= 15 is 0 Å². The number of anilines is 1. The first-order valence-corrected chi connectivity index (χ1v) is 9.94. The first-order chi connectivity index (χ1) is 15.5. The summed E-state index contributed by atoms with van der Waals surface area (Å²) < 4.78 is 15.4. The van der Waals surface area contributed by atoms with Crippen LogP contribution in [-0.2, 0) is 20.9 Å². The molecule has 0 saturated heterocycles. The van der Waals surface area contributed by atoms with Crippen molar-refractivity contribution in [2.75, 3.05) is 11.9 Å². The molecule has 3 N–H and O–H groups in total. The Labute approximate surface area is 190 Å². The van der Waals surface area contributed by atoms with Crippen LogP contribution in [0.4, 0.5) is 16.2 Å². The number of carbonyl (C=O) groups is 3. The van der Waals surface area contributed by atoms with Crippen molar-refractivity contribution in [1.29, 1.82) is 0 Å². The summed E-state index contributed by atoms with van der Waals surface area (Å²) in [6, 6.07) is 9.45. The summed E-state index contributed by atoms with van der Waals surface area (Å²) in [7, 11) is 0. The number of benzene rings is 2. The SMILES string of the molecule is CC(C)(C)C(=O)Oc1ccc(COC(=O)Oc2ccc([N+](=O)[O-])cc2)cc1NC(=O)CCN. The molecule has 0 aliphatic carbocycles. The van der Waals surface area contributed by atoms with Gasteiger partial charge in [0.25, 0.3) is 5.69 Å². The zero-order chi connectivity index (χ0) is 24.6. The van der Waals surface area contributed by atoms with Crippen molar-refractivity contribution in [2.45, 2.75) is 33.8 Å². The Kier molecular flexibility index (Phi) is 8.46. The number of nitro benzene ring substituents is 1. The lowest BCUT2D eigenvalue weighted by Crippen LogP contribution is -2.26. The fourth-order valence-electron chi connectivity index (χ4n) is 2.35. The molecule has 0 atom stereocenters. The predicted molar refractivity (Wildman–Crippen MR) is 118 cm³/mol. The normalized spacial score (nSPS) is 10.8. The van der Waals surface area contributed by atoms with Gasteiger partial charge < -0.3 is 25.3 Å². The topological polar surface area (TPSA) is 160 Å². The van der Waals surface area contributed by atoms with Crippen molar-refractivity contribution in [3.8, 4) is 11.5 Å². The van der Waals surface area contributed by atoms with Crippen molar-refractivity contribution < 1.29 is 33.5 Å². The van der Waals surface area contributed by atoms with Gasteiger partial charge in [-0.1, -0.05) is 6.07 Å². The molecule has 176 valence electrons. The first-order valence-electron chi connectivity index (χ1n) is 9.94. The van der Waals surface area contributed by atoms with Crippen LogP contribution in [0, 0.1) is 15.5 Å². The second kappa shape index (κ2) is 11.0. The number of esters is 1. The van der Waals surface area contributed by atoms with E-state index in [-0.39, 0.29) is 48.4 Å². The third kappa shape index (κ3) is 7.89. The zero-order valence-electron chi connectivity index (χ0n) is 18.5. The van der Waals surface area contributed by atoms with Crippen molar-refractivity contribution in [2.24, 2.45) is 11.1 Å². The number of nitrogens with one attached hydrogen (secondary N) is 1. The second-order valence-corrected chi connectivity index (χ2v) is 7.95. The van der Waals surface area contributed by atoms with Crippen LogP contribution in [0.5, 0.6) is 11.5 Å². The number of nitrogens with two attached hydrogens (primary N) is 1. The summed E-state index contributed by atoms with van der Waals surface area (Å²) in [4.78, 5) is 46.3. The van der Waals surface area contributed by atoms with E-state index in [0.717, 1.165) is 0 Å². The number of hydrogen-bond donors (Lipinski definition) is 2. The molecule has 0 unspecified atom stereocenters. The van der Waals surface area contributed by atoms with Gasteiger partial charge in [-0.15, -0.1) is 0 Å². The molecule has 11 nitrogen and oxygen atoms in total. The molecule has 33 heavy (non-hydrogen) atoms. The minimum Gasteiger partial charge on any atom is -0.429 e. The molecule has 0 bridgehead atoms. The van der Waals surface area contributed by atoms with Gasteiger partial charge in [-0.2, -0.15) is 0 Å². The number of amides is 1. The summed E-state index contributed by atoms with van der Waals surface area (Å²) in [5, 5.41) is 13.3. The Morgan fingerprint density at radius 2 is 1.73 bits per heavy atom. The van der Waals surface area contributed by atoms with Gasteiger partial charge in [-0.25, -0.2) is 4.79 Å². The number of nitro groups is 1. The van der Waals surface area contributed by atoms with E-state index in [9.17, 15) is 24.5 Å². The van der Waals surface area contributed by atoms with Gasteiger partial charge in [0.1, 0.15) is 12.4 Å². The summed E-state index contributed by atoms with van der Waals surface area (Å²) in [5.41, 5.74) is 5.20. The second-order valence-electron chi connectivity index (χ2n) is 7.95. The maximum Gasteiger partial charge on any atom is 0.514 e. The van der Waals surface area contributed by atoms with Crippen LogP contribution in [-0.4, -0.2) is 29.5 Å². The highest BCUT2D eigenvalue weighted by atomic mass is 16.7. The third-order valence-corrected chi connectivity index (χ3v) is 4.11. The summed E-state index contributed by atoms with van der Waals surface area (Å²) >= 11 is 0. The molecule has 0 saturated carbocycles. The average Bonchev–Trinajstić information content (AvgIpc) is 2.73. The third-order valence-electron chi connectivity index (χ3n) is 4.11. The predicted octanol–water partition coefficient (Wildman–Crippen LogP) is 3.55. The molecule has 2 rings (SSSR count). The number of nitrogens with zero attached hydrogens (tertiary/aromatic N) is 1. The molecule has 0 aliphatic rings. The largest absolute Gasteiger partial charge is 0.514 e. The number of ether oxygens (including phenoxy) is 3. The monoisotopic (exact) mass is 459 g/mol. The van der Waals surface area contributed by atoms with E-state index in [1.807, 2.05) is 0 Å². The van der Waals surface area contributed by atoms with Crippen LogP contribution in [0.2, 0.25) is 0 Å². The molecular formula is C22H25N3O8. The van der Waals surface area contributed by atoms with E-state index < -0.39 is 22.5 Å². The molecule has 0 spiro atoms. The Morgan fingerprint density at radius 3 is 2.30 bits per heavy atom. The van der Waals surface area contributed by atoms with Crippen molar-refractivity contribution in [3.63, 3.8) is 0 Å². The van der Waals surface area contributed by atoms with Crippen molar-refractivity contribution in [1.82, 2.24) is 0 Å². The molecule has 0 heterocycles. The van der Waals surface area contributed by atoms with E-state index in [2.05, 4.69) is 5.32 Å². The fraction of sp³-hybridized carbons (Fsp3) is 0.318. The molecule has 1 amide bonds. The highest BCUT2D eigenvalue weighted by molar-refractivity contribution is 5.93. The maximum atomic E-state index is 12.3. The number of carbonyl (C=O) groups excluding carboxylic acids is 3. The maximum absolute atomic E-state index is 12.3. The zero-order valence-corrected chi connectivity index (χ0v) is 18.5. The highest BCUT2D eigenvalue weighted by Crippen LogP contribution is 2.29. The lowest BCUT2D eigenvalue weighted by atomic mass is 9.97. The van der Waals surface area contributed by atoms with Crippen LogP contribution in [0.1, 0.15) is 32.8 Å². The van der Waals surface area contributed by atoms with Gasteiger partial charge >= 0.3 is 12.1 Å². The van der Waals surface area contributed by atoms with E-state index in [4.69, 9.17) is 19.9 Å². The number of rotatable bonds is 8. The molecule has 0 fully saturated rings. The Balaban J connectivity index is 2.08. The standard InChI is InChI=1S/C22H25N3O8/c1-22(2,3)20(27)33-18-9-4-14(12-17(18)24-19(26)10-11-23)13-31-21(28)32-16-7-5-15(6-8-16)25(29)30/h4-9,12H,10-11,13,23H2,1-3H3,(H,24,26). The first kappa shape index (κ1) is 25.3. The molecule has 0 radical (unpaired) electrons. The molecule has 0 aromatic heterocycles. The van der Waals surface area contributed by atoms with E-state index in [1.54, 1.807) is 26.8 Å². The van der Waals surface area contributed by atoms with Gasteiger partial charge in [-0.3, -0.25) is 19.7 Å². The fourth-order valence-corrected chi connectivity index (χ4v) is 2.35. The number of non-ortho nitro benzene ring substituents is 1. The molecule has 0 aliphatic heterocycles. The highest BCUT2D eigenvalue weighted by Gasteiger charge is 2.25. The Morgan fingerprint density at radius 1 is 1.06 bits per heavy atom. The molecular weight excluding hydrogens is 434 g/mol. The Hall–Kier alpha value is -3.99. The summed E-state index contributed by atoms with van der Waals surface area (Å²) in [6.45, 7) is 5.02. The van der Waals surface area contributed by atoms with E-state index in [0.29, 0.717) is 5.56 Å². The average molecular weight is 459 g/mol. The minimum atomic E-state index is -1.03. The van der Waals surface area contributed by atoms with Gasteiger partial charge in [0, 0.05) is 25.1 Å². The minimum absolute atomic E-state index is 0.0644. The van der Waals surface area contributed by atoms with Crippen LogP contribution in [0.25, 0.3) is 0 Å². The Bertz CT molecular complexity index is 1030. The van der Waals surface area contributed by atoms with Gasteiger partial charge in [0.15, 0.2) is 5.75 Å². The molecule has 2 aromatic rings. The lowest BCUT2D eigenvalue weighted by molar-refractivity contribution is -0.384. The van der Waals surface area contributed by atoms with E-state index in [1.165, 1.54) is 36.4 Å². The summed E-state index contributed by atoms with van der Waals surface area (Å²) in [6.07, 6.45) is -0.963. The van der Waals surface area contributed by atoms with Crippen LogP contribution >= 0.6 is 0 Å². The van der Waals surface area contributed by atoms with Crippen molar-refractivity contribution in [3.05, 3.63) is 58.1 Å². The molecule has 2 aromatic carbocycles. The van der Waals surface area contributed by atoms with Gasteiger partial charge in [-0.05, 0) is 50.6 Å². The quantitative estimate of drug-likeness (QED) is 0.198. The molecule has 11 heteroatoms. The van der Waals surface area contributed by atoms with Crippen LogP contribution < -0.4 is 20.5 Å². The van der Waals surface area contributed by atoms with Crippen LogP contribution in [0.15, 0.2) is 42.5 Å². The lowest BCUT2D eigenvalue weighted by Gasteiger charge is -2.19. The number of hydrogen-bond acceptors (Lipinski definition) is 9. The van der Waals surface area contributed by atoms with Gasteiger partial charge in [0.05, 0.1) is 16.0 Å². The van der Waals surface area contributed by atoms with Gasteiger partial charge in [0.2, 0.25) is 5.91 Å². The summed E-state index contributed by atoms with van der Waals surface area (Å²) in [5.74, 6) is -0.656. The van der Waals surface area contributed by atoms with Crippen LogP contribution in [0.3, 0.4) is 0 Å². The van der Waals surface area contributed by atoms with Crippen molar-refractivity contribution >= 4 is 29.4 Å². The smallest absolute Gasteiger partial charge is 0.429 e.